The molecular formula is C17H21N5O5S. The summed E-state index contributed by atoms with van der Waals surface area (Å²) in [6.07, 6.45) is -0.571. The molecule has 150 valence electrons. The standard InChI is InChI=1S/C17H21N5O5S/c18-5-6-20-16(23)13(15-9-21(17(19)24)7-8-27-15)11-28-10-12-3-1-2-4-14(12)22(25)26/h1-4,13,15H,6-11H2,(H2,19,24)(H,20,23). The van der Waals surface area contributed by atoms with E-state index >= 15 is 0 Å². The lowest BCUT2D eigenvalue weighted by Crippen LogP contribution is -2.53. The van der Waals surface area contributed by atoms with Crippen molar-refractivity contribution in [2.75, 3.05) is 32.0 Å². The first-order valence-electron chi connectivity index (χ1n) is 8.54. The van der Waals surface area contributed by atoms with Crippen LogP contribution in [0.1, 0.15) is 5.56 Å². The summed E-state index contributed by atoms with van der Waals surface area (Å²) in [7, 11) is 0. The van der Waals surface area contributed by atoms with Gasteiger partial charge in [-0.05, 0) is 0 Å². The molecule has 10 nitrogen and oxygen atoms in total. The Morgan fingerprint density at radius 3 is 2.93 bits per heavy atom. The highest BCUT2D eigenvalue weighted by Gasteiger charge is 2.34. The number of nitrogens with one attached hydrogen (secondary N) is 1. The molecule has 0 spiro atoms. The molecule has 1 heterocycles. The lowest BCUT2D eigenvalue weighted by molar-refractivity contribution is -0.385. The van der Waals surface area contributed by atoms with Crippen molar-refractivity contribution in [3.8, 4) is 6.07 Å². The summed E-state index contributed by atoms with van der Waals surface area (Å²) < 4.78 is 5.67. The summed E-state index contributed by atoms with van der Waals surface area (Å²) in [4.78, 5) is 36.0. The number of nitrogens with two attached hydrogens (primary N) is 1. The number of nitrogens with zero attached hydrogens (tertiary/aromatic N) is 3. The van der Waals surface area contributed by atoms with Gasteiger partial charge in [0.25, 0.3) is 5.69 Å². The third-order valence-corrected chi connectivity index (χ3v) is 5.39. The minimum absolute atomic E-state index is 0.0225. The van der Waals surface area contributed by atoms with Crippen LogP contribution in [-0.4, -0.2) is 59.9 Å². The van der Waals surface area contributed by atoms with Crippen LogP contribution in [0.4, 0.5) is 10.5 Å². The number of primary amides is 1. The second-order valence-electron chi connectivity index (χ2n) is 6.08. The lowest BCUT2D eigenvalue weighted by Gasteiger charge is -2.35. The highest BCUT2D eigenvalue weighted by Crippen LogP contribution is 2.26. The van der Waals surface area contributed by atoms with Crippen LogP contribution in [0.3, 0.4) is 0 Å². The van der Waals surface area contributed by atoms with Gasteiger partial charge in [-0.25, -0.2) is 4.79 Å². The van der Waals surface area contributed by atoms with Crippen LogP contribution in [0.2, 0.25) is 0 Å². The molecule has 0 aromatic heterocycles. The van der Waals surface area contributed by atoms with Gasteiger partial charge in [0, 0.05) is 36.2 Å². The van der Waals surface area contributed by atoms with Crippen molar-refractivity contribution in [2.24, 2.45) is 11.7 Å². The zero-order valence-electron chi connectivity index (χ0n) is 15.1. The Bertz CT molecular complexity index is 769. The number of thioether (sulfide) groups is 1. The van der Waals surface area contributed by atoms with Gasteiger partial charge in [-0.1, -0.05) is 18.2 Å². The van der Waals surface area contributed by atoms with E-state index in [1.54, 1.807) is 18.2 Å². The fourth-order valence-corrected chi connectivity index (χ4v) is 4.04. The number of ether oxygens (including phenoxy) is 1. The Balaban J connectivity index is 2.06. The van der Waals surface area contributed by atoms with Gasteiger partial charge in [-0.2, -0.15) is 17.0 Å². The zero-order chi connectivity index (χ0) is 20.5. The van der Waals surface area contributed by atoms with Gasteiger partial charge < -0.3 is 20.7 Å². The fourth-order valence-electron chi connectivity index (χ4n) is 2.84. The predicted molar refractivity (Wildman–Crippen MR) is 102 cm³/mol. The normalized spacial score (nSPS) is 17.4. The number of carbonyl (C=O) groups is 2. The molecule has 0 aliphatic carbocycles. The Morgan fingerprint density at radius 1 is 1.50 bits per heavy atom. The summed E-state index contributed by atoms with van der Waals surface area (Å²) in [6, 6.07) is 7.67. The fraction of sp³-hybridized carbons (Fsp3) is 0.471. The summed E-state index contributed by atoms with van der Waals surface area (Å²) in [5.74, 6) is -0.359. The summed E-state index contributed by atoms with van der Waals surface area (Å²) in [6.45, 7) is 0.634. The minimum Gasteiger partial charge on any atom is -0.374 e. The molecule has 2 unspecified atom stereocenters. The minimum atomic E-state index is -0.636. The Kier molecular flexibility index (Phi) is 8.03. The van der Waals surface area contributed by atoms with E-state index in [1.807, 2.05) is 6.07 Å². The Labute approximate surface area is 166 Å². The van der Waals surface area contributed by atoms with Crippen molar-refractivity contribution < 1.29 is 19.2 Å². The maximum absolute atomic E-state index is 12.5. The van der Waals surface area contributed by atoms with Crippen LogP contribution in [-0.2, 0) is 15.3 Å². The van der Waals surface area contributed by atoms with Crippen LogP contribution in [0.15, 0.2) is 24.3 Å². The van der Waals surface area contributed by atoms with E-state index in [-0.39, 0.29) is 31.3 Å². The summed E-state index contributed by atoms with van der Waals surface area (Å²) in [5, 5.41) is 22.3. The molecule has 1 aromatic carbocycles. The molecule has 11 heteroatoms. The van der Waals surface area contributed by atoms with E-state index in [0.717, 1.165) is 0 Å². The number of nitriles is 1. The van der Waals surface area contributed by atoms with Crippen molar-refractivity contribution in [3.05, 3.63) is 39.9 Å². The summed E-state index contributed by atoms with van der Waals surface area (Å²) >= 11 is 1.35. The predicted octanol–water partition coefficient (Wildman–Crippen LogP) is 0.863. The monoisotopic (exact) mass is 407 g/mol. The van der Waals surface area contributed by atoms with Crippen LogP contribution < -0.4 is 11.1 Å². The molecule has 1 aliphatic rings. The maximum Gasteiger partial charge on any atom is 0.314 e. The molecule has 0 radical (unpaired) electrons. The van der Waals surface area contributed by atoms with Gasteiger partial charge >= 0.3 is 6.03 Å². The third-order valence-electron chi connectivity index (χ3n) is 4.28. The average Bonchev–Trinajstić information content (AvgIpc) is 2.69. The number of amides is 3. The van der Waals surface area contributed by atoms with Crippen LogP contribution >= 0.6 is 11.8 Å². The molecular weight excluding hydrogens is 386 g/mol. The van der Waals surface area contributed by atoms with Crippen molar-refractivity contribution in [1.82, 2.24) is 10.2 Å². The molecule has 2 rings (SSSR count). The highest BCUT2D eigenvalue weighted by atomic mass is 32.2. The number of nitro groups is 1. The number of urea groups is 1. The van der Waals surface area contributed by atoms with E-state index in [2.05, 4.69) is 5.32 Å². The number of carbonyl (C=O) groups excluding carboxylic acids is 2. The lowest BCUT2D eigenvalue weighted by atomic mass is 10.0. The quantitative estimate of drug-likeness (QED) is 0.368. The largest absolute Gasteiger partial charge is 0.374 e. The van der Waals surface area contributed by atoms with Gasteiger partial charge in [0.1, 0.15) is 6.54 Å². The maximum atomic E-state index is 12.5. The first-order valence-corrected chi connectivity index (χ1v) is 9.70. The molecule has 2 atom stereocenters. The SMILES string of the molecule is N#CCNC(=O)C(CSCc1ccccc1[N+](=O)[O-])C1CN(C(N)=O)CCO1. The molecule has 1 aliphatic heterocycles. The van der Waals surface area contributed by atoms with E-state index in [1.165, 1.54) is 22.7 Å². The molecule has 0 saturated carbocycles. The zero-order valence-corrected chi connectivity index (χ0v) is 15.9. The van der Waals surface area contributed by atoms with Crippen LogP contribution in [0, 0.1) is 27.4 Å². The number of rotatable bonds is 8. The van der Waals surface area contributed by atoms with Crippen molar-refractivity contribution in [3.63, 3.8) is 0 Å². The van der Waals surface area contributed by atoms with Gasteiger partial charge in [-0.3, -0.25) is 14.9 Å². The van der Waals surface area contributed by atoms with Gasteiger partial charge in [0.05, 0.1) is 29.6 Å². The second-order valence-corrected chi connectivity index (χ2v) is 7.11. The number of morpholine rings is 1. The number of benzene rings is 1. The first-order chi connectivity index (χ1) is 13.4. The Hall–Kier alpha value is -2.84. The number of para-hydroxylation sites is 1. The molecule has 3 amide bonds. The van der Waals surface area contributed by atoms with E-state index in [4.69, 9.17) is 15.7 Å². The van der Waals surface area contributed by atoms with E-state index in [0.29, 0.717) is 23.6 Å². The van der Waals surface area contributed by atoms with Gasteiger partial charge in [0.2, 0.25) is 5.91 Å². The van der Waals surface area contributed by atoms with Gasteiger partial charge in [0.15, 0.2) is 0 Å². The first kappa shape index (κ1) is 21.5. The Morgan fingerprint density at radius 2 is 2.25 bits per heavy atom. The average molecular weight is 407 g/mol. The molecule has 1 fully saturated rings. The highest BCUT2D eigenvalue weighted by molar-refractivity contribution is 7.98. The van der Waals surface area contributed by atoms with Crippen molar-refractivity contribution >= 4 is 29.4 Å². The second kappa shape index (κ2) is 10.5. The summed E-state index contributed by atoms with van der Waals surface area (Å²) in [5.41, 5.74) is 5.90. The molecule has 28 heavy (non-hydrogen) atoms. The smallest absolute Gasteiger partial charge is 0.314 e. The van der Waals surface area contributed by atoms with E-state index < -0.39 is 23.0 Å². The number of hydrogen-bond acceptors (Lipinski definition) is 7. The number of hydrogen-bond donors (Lipinski definition) is 2. The molecule has 0 bridgehead atoms. The van der Waals surface area contributed by atoms with Crippen molar-refractivity contribution in [1.29, 1.82) is 5.26 Å². The van der Waals surface area contributed by atoms with Gasteiger partial charge in [-0.15, -0.1) is 0 Å². The third kappa shape index (κ3) is 5.83. The topological polar surface area (TPSA) is 152 Å². The van der Waals surface area contributed by atoms with Crippen LogP contribution in [0.25, 0.3) is 0 Å². The molecule has 1 aromatic rings. The van der Waals surface area contributed by atoms with Crippen molar-refractivity contribution in [2.45, 2.75) is 11.9 Å². The molecule has 1 saturated heterocycles. The number of nitro benzene ring substituents is 1. The molecule has 3 N–H and O–H groups in total. The van der Waals surface area contributed by atoms with Crippen LogP contribution in [0.5, 0.6) is 0 Å². The van der Waals surface area contributed by atoms with E-state index in [9.17, 15) is 19.7 Å².